The molecule has 2 aromatic heterocycles. The third kappa shape index (κ3) is 6.19. The summed E-state index contributed by atoms with van der Waals surface area (Å²) >= 11 is 12.3. The number of hydrogen-bond acceptors (Lipinski definition) is 6. The summed E-state index contributed by atoms with van der Waals surface area (Å²) in [5.41, 5.74) is 10.9. The number of nitrogens with zero attached hydrogens (tertiary/aromatic N) is 2. The van der Waals surface area contributed by atoms with E-state index in [4.69, 9.17) is 37.7 Å². The van der Waals surface area contributed by atoms with Gasteiger partial charge in [-0.1, -0.05) is 34.8 Å². The molecular formula is C35H33Cl2N3O3. The lowest BCUT2D eigenvalue weighted by atomic mass is 9.89. The van der Waals surface area contributed by atoms with E-state index in [1.165, 1.54) is 27.8 Å². The molecule has 6 nitrogen and oxygen atoms in total. The van der Waals surface area contributed by atoms with Crippen LogP contribution in [0.3, 0.4) is 0 Å². The number of hydrogen-bond donors (Lipinski definition) is 1. The fourth-order valence-electron chi connectivity index (χ4n) is 6.14. The summed E-state index contributed by atoms with van der Waals surface area (Å²) in [4.78, 5) is 21.5. The van der Waals surface area contributed by atoms with Crippen LogP contribution in [0.2, 0.25) is 10.0 Å². The van der Waals surface area contributed by atoms with E-state index >= 15 is 0 Å². The minimum Gasteiger partial charge on any atom is -0.495 e. The maximum atomic E-state index is 12.5. The van der Waals surface area contributed by atoms with Crippen molar-refractivity contribution in [2.24, 2.45) is 0 Å². The number of ketones is 1. The Hall–Kier alpha value is -3.71. The van der Waals surface area contributed by atoms with E-state index in [1.54, 1.807) is 32.5 Å². The van der Waals surface area contributed by atoms with Gasteiger partial charge in [-0.05, 0) is 122 Å². The number of carbonyl (C=O) groups is 1. The maximum Gasteiger partial charge on any atom is 0.211 e. The number of methoxy groups -OCH3 is 2. The van der Waals surface area contributed by atoms with E-state index in [1.807, 2.05) is 24.4 Å². The Balaban J connectivity index is 0.000000157. The van der Waals surface area contributed by atoms with Gasteiger partial charge in [0.2, 0.25) is 5.78 Å². The van der Waals surface area contributed by atoms with Crippen molar-refractivity contribution in [3.05, 3.63) is 121 Å². The van der Waals surface area contributed by atoms with Crippen molar-refractivity contribution in [2.75, 3.05) is 27.3 Å². The molecule has 0 bridgehead atoms. The molecule has 7 rings (SSSR count). The topological polar surface area (TPSA) is 73.3 Å². The van der Waals surface area contributed by atoms with Crippen molar-refractivity contribution < 1.29 is 14.3 Å². The number of benzene rings is 2. The molecule has 1 N–H and O–H groups in total. The van der Waals surface area contributed by atoms with Gasteiger partial charge in [-0.3, -0.25) is 9.78 Å². The van der Waals surface area contributed by atoms with Crippen LogP contribution in [0.1, 0.15) is 62.4 Å². The van der Waals surface area contributed by atoms with Crippen LogP contribution >= 0.6 is 23.2 Å². The summed E-state index contributed by atoms with van der Waals surface area (Å²) in [6.45, 7) is 2.07. The molecule has 3 aliphatic rings. The summed E-state index contributed by atoms with van der Waals surface area (Å²) in [7, 11) is 3.29. The first kappa shape index (κ1) is 29.4. The highest BCUT2D eigenvalue weighted by Gasteiger charge is 2.25. The second kappa shape index (κ2) is 12.9. The van der Waals surface area contributed by atoms with E-state index in [0.29, 0.717) is 22.0 Å². The van der Waals surface area contributed by atoms with Gasteiger partial charge >= 0.3 is 0 Å². The Morgan fingerprint density at radius 1 is 0.651 bits per heavy atom. The predicted molar refractivity (Wildman–Crippen MR) is 171 cm³/mol. The van der Waals surface area contributed by atoms with Crippen molar-refractivity contribution in [3.63, 3.8) is 0 Å². The number of ether oxygens (including phenoxy) is 2. The third-order valence-corrected chi connectivity index (χ3v) is 8.81. The zero-order valence-electron chi connectivity index (χ0n) is 24.3. The average molecular weight is 615 g/mol. The standard InChI is InChI=1S/C20H21ClN2O.C15H12ClNO2/c1-24-17-11-15-3-2-14-10-16(21)4-5-18(14)19(20(15)23-12-17)13-6-8-22-9-7-13;1-19-12-7-10-3-2-9-6-11(16)4-5-13(9)15(18)14(10)17-8-12/h4-5,10-12,22H,2-3,6-9H2,1H3;4-8H,2-3H2,1H3. The van der Waals surface area contributed by atoms with E-state index in [-0.39, 0.29) is 5.78 Å². The molecule has 1 saturated heterocycles. The van der Waals surface area contributed by atoms with Gasteiger partial charge in [0.25, 0.3) is 0 Å². The molecule has 8 heteroatoms. The molecule has 1 fully saturated rings. The van der Waals surface area contributed by atoms with Crippen LogP contribution in [0.4, 0.5) is 0 Å². The summed E-state index contributed by atoms with van der Waals surface area (Å²) < 4.78 is 10.5. The highest BCUT2D eigenvalue weighted by Crippen LogP contribution is 2.38. The number of rotatable bonds is 2. The second-order valence-electron chi connectivity index (χ2n) is 10.9. The monoisotopic (exact) mass is 613 g/mol. The number of nitrogens with one attached hydrogen (secondary N) is 1. The molecule has 0 atom stereocenters. The van der Waals surface area contributed by atoms with Gasteiger partial charge < -0.3 is 14.8 Å². The molecule has 43 heavy (non-hydrogen) atoms. The predicted octanol–water partition coefficient (Wildman–Crippen LogP) is 7.10. The molecule has 0 spiro atoms. The summed E-state index contributed by atoms with van der Waals surface area (Å²) in [5.74, 6) is 1.46. The number of halogens is 2. The van der Waals surface area contributed by atoms with Crippen molar-refractivity contribution in [1.29, 1.82) is 0 Å². The molecular weight excluding hydrogens is 581 g/mol. The van der Waals surface area contributed by atoms with Crippen molar-refractivity contribution in [1.82, 2.24) is 15.3 Å². The van der Waals surface area contributed by atoms with Crippen LogP contribution in [0.25, 0.3) is 5.57 Å². The molecule has 0 saturated carbocycles. The number of pyridine rings is 2. The van der Waals surface area contributed by atoms with Crippen LogP contribution in [-0.4, -0.2) is 43.1 Å². The van der Waals surface area contributed by atoms with Crippen LogP contribution in [-0.2, 0) is 25.7 Å². The normalized spacial score (nSPS) is 15.5. The first-order valence-electron chi connectivity index (χ1n) is 14.6. The van der Waals surface area contributed by atoms with Gasteiger partial charge in [0.15, 0.2) is 0 Å². The summed E-state index contributed by atoms with van der Waals surface area (Å²) in [5, 5.41) is 4.91. The highest BCUT2D eigenvalue weighted by atomic mass is 35.5. The van der Waals surface area contributed by atoms with Gasteiger partial charge in [-0.25, -0.2) is 4.98 Å². The number of carbonyl (C=O) groups excluding carboxylic acids is 1. The Kier molecular flexibility index (Phi) is 8.80. The van der Waals surface area contributed by atoms with Gasteiger partial charge in [0, 0.05) is 21.2 Å². The number of fused-ring (bicyclic) bond motifs is 4. The van der Waals surface area contributed by atoms with Crippen molar-refractivity contribution in [3.8, 4) is 11.5 Å². The Morgan fingerprint density at radius 2 is 1.16 bits per heavy atom. The summed E-state index contributed by atoms with van der Waals surface area (Å²) in [6.07, 6.45) is 9.05. The Bertz CT molecular complexity index is 1730. The highest BCUT2D eigenvalue weighted by molar-refractivity contribution is 6.31. The quantitative estimate of drug-likeness (QED) is 0.260. The van der Waals surface area contributed by atoms with Crippen molar-refractivity contribution in [2.45, 2.75) is 38.5 Å². The van der Waals surface area contributed by atoms with Gasteiger partial charge in [0.05, 0.1) is 32.3 Å². The van der Waals surface area contributed by atoms with Crippen LogP contribution in [0, 0.1) is 0 Å². The molecule has 0 unspecified atom stereocenters. The lowest BCUT2D eigenvalue weighted by Gasteiger charge is -2.22. The van der Waals surface area contributed by atoms with E-state index in [9.17, 15) is 4.79 Å². The molecule has 0 radical (unpaired) electrons. The zero-order valence-corrected chi connectivity index (χ0v) is 25.8. The van der Waals surface area contributed by atoms with Crippen LogP contribution < -0.4 is 14.8 Å². The Labute approximate surface area is 262 Å². The van der Waals surface area contributed by atoms with Crippen molar-refractivity contribution >= 4 is 34.6 Å². The fraction of sp³-hybridized carbons (Fsp3) is 0.286. The molecule has 3 heterocycles. The molecule has 2 aromatic carbocycles. The van der Waals surface area contributed by atoms with E-state index in [0.717, 1.165) is 79.2 Å². The number of piperidine rings is 1. The SMILES string of the molecule is COc1cnc2c(c1)CCc1cc(Cl)ccc1C2=C1CCNCC1.COc1cnc2c(c1)CCc1cc(Cl)ccc1C2=O. The van der Waals surface area contributed by atoms with Crippen LogP contribution in [0.15, 0.2) is 66.5 Å². The van der Waals surface area contributed by atoms with Gasteiger partial charge in [-0.15, -0.1) is 0 Å². The third-order valence-electron chi connectivity index (χ3n) is 8.34. The van der Waals surface area contributed by atoms with Gasteiger partial charge in [0.1, 0.15) is 17.2 Å². The maximum absolute atomic E-state index is 12.5. The lowest BCUT2D eigenvalue weighted by Crippen LogP contribution is -2.24. The first-order valence-corrected chi connectivity index (χ1v) is 15.3. The van der Waals surface area contributed by atoms with Gasteiger partial charge in [-0.2, -0.15) is 0 Å². The molecule has 0 amide bonds. The Morgan fingerprint density at radius 3 is 1.77 bits per heavy atom. The number of aromatic nitrogens is 2. The minimum atomic E-state index is -0.0400. The number of aryl methyl sites for hydroxylation is 4. The lowest BCUT2D eigenvalue weighted by molar-refractivity contribution is 0.103. The molecule has 1 aliphatic heterocycles. The average Bonchev–Trinajstić information content (AvgIpc) is 3.28. The molecule has 220 valence electrons. The summed E-state index contributed by atoms with van der Waals surface area (Å²) in [6, 6.07) is 15.7. The first-order chi connectivity index (χ1) is 20.9. The molecule has 2 aliphatic carbocycles. The molecule has 4 aromatic rings. The fourth-order valence-corrected chi connectivity index (χ4v) is 6.53. The van der Waals surface area contributed by atoms with Crippen LogP contribution in [0.5, 0.6) is 11.5 Å². The zero-order chi connectivity index (χ0) is 29.9. The largest absolute Gasteiger partial charge is 0.495 e. The minimum absolute atomic E-state index is 0.0400. The van der Waals surface area contributed by atoms with E-state index in [2.05, 4.69) is 28.5 Å². The van der Waals surface area contributed by atoms with E-state index < -0.39 is 0 Å². The second-order valence-corrected chi connectivity index (χ2v) is 11.8. The smallest absolute Gasteiger partial charge is 0.211 e.